The number of likely N-dealkylation sites (tertiary alicyclic amines) is 1. The first-order valence-electron chi connectivity index (χ1n) is 8.22. The molecule has 1 aromatic rings. The van der Waals surface area contributed by atoms with E-state index in [2.05, 4.69) is 6.07 Å². The molecule has 2 rings (SSSR count). The maximum Gasteiger partial charge on any atom is 0.303 e. The van der Waals surface area contributed by atoms with Crippen molar-refractivity contribution in [2.24, 2.45) is 0 Å². The molecule has 1 saturated heterocycles. The predicted octanol–water partition coefficient (Wildman–Crippen LogP) is 3.80. The summed E-state index contributed by atoms with van der Waals surface area (Å²) in [5, 5.41) is 8.75. The number of carbonyl (C=O) groups is 2. The zero-order valence-electron chi connectivity index (χ0n) is 13.8. The van der Waals surface area contributed by atoms with Crippen molar-refractivity contribution in [1.29, 1.82) is 0 Å². The molecular weight excluding hydrogens is 278 g/mol. The highest BCUT2D eigenvalue weighted by atomic mass is 16.4. The Morgan fingerprint density at radius 3 is 2.68 bits per heavy atom. The first-order valence-corrected chi connectivity index (χ1v) is 8.22. The number of aliphatic carboxylic acids is 1. The van der Waals surface area contributed by atoms with Gasteiger partial charge in [-0.3, -0.25) is 9.59 Å². The number of carboxylic acids is 1. The van der Waals surface area contributed by atoms with Crippen LogP contribution in [0.4, 0.5) is 0 Å². The molecule has 1 aliphatic rings. The Kier molecular flexibility index (Phi) is 7.64. The van der Waals surface area contributed by atoms with Gasteiger partial charge in [0.1, 0.15) is 0 Å². The molecule has 1 fully saturated rings. The number of aryl methyl sites for hydroxylation is 1. The van der Waals surface area contributed by atoms with Crippen molar-refractivity contribution in [3.63, 3.8) is 0 Å². The van der Waals surface area contributed by atoms with E-state index in [0.717, 1.165) is 30.5 Å². The summed E-state index contributed by atoms with van der Waals surface area (Å²) in [6.45, 7) is 6.72. The lowest BCUT2D eigenvalue weighted by molar-refractivity contribution is -0.137. The molecule has 1 heterocycles. The molecule has 0 bridgehead atoms. The van der Waals surface area contributed by atoms with Crippen molar-refractivity contribution in [2.45, 2.75) is 58.9 Å². The van der Waals surface area contributed by atoms with Gasteiger partial charge >= 0.3 is 5.97 Å². The molecular formula is C18H27NO3. The monoisotopic (exact) mass is 305 g/mol. The number of hydrogen-bond acceptors (Lipinski definition) is 2. The maximum absolute atomic E-state index is 11.9. The number of hydrogen-bond donors (Lipinski definition) is 1. The third-order valence-electron chi connectivity index (χ3n) is 3.84. The lowest BCUT2D eigenvalue weighted by Crippen LogP contribution is -2.29. The SMILES string of the molecule is CC.CCC(=O)N1CCCC1c1cccc(CCC(=O)O)c1. The molecule has 1 unspecified atom stereocenters. The van der Waals surface area contributed by atoms with E-state index in [0.29, 0.717) is 12.8 Å². The van der Waals surface area contributed by atoms with Crippen LogP contribution in [0.1, 0.15) is 63.6 Å². The molecule has 1 N–H and O–H groups in total. The van der Waals surface area contributed by atoms with Gasteiger partial charge in [-0.1, -0.05) is 45.0 Å². The van der Waals surface area contributed by atoms with E-state index in [9.17, 15) is 9.59 Å². The van der Waals surface area contributed by atoms with Crippen LogP contribution in [0.3, 0.4) is 0 Å². The van der Waals surface area contributed by atoms with Gasteiger partial charge in [0.25, 0.3) is 0 Å². The predicted molar refractivity (Wildman–Crippen MR) is 87.7 cm³/mol. The van der Waals surface area contributed by atoms with E-state index >= 15 is 0 Å². The van der Waals surface area contributed by atoms with Gasteiger partial charge in [-0.2, -0.15) is 0 Å². The van der Waals surface area contributed by atoms with E-state index in [1.807, 2.05) is 43.9 Å². The third kappa shape index (κ3) is 4.86. The first kappa shape index (κ1) is 18.2. The lowest BCUT2D eigenvalue weighted by Gasteiger charge is -2.25. The summed E-state index contributed by atoms with van der Waals surface area (Å²) in [6, 6.07) is 8.16. The summed E-state index contributed by atoms with van der Waals surface area (Å²) in [5.74, 6) is -0.581. The van der Waals surface area contributed by atoms with E-state index in [-0.39, 0.29) is 18.4 Å². The fourth-order valence-electron chi connectivity index (χ4n) is 2.82. The second-order valence-corrected chi connectivity index (χ2v) is 5.24. The van der Waals surface area contributed by atoms with E-state index in [4.69, 9.17) is 5.11 Å². The summed E-state index contributed by atoms with van der Waals surface area (Å²) < 4.78 is 0. The van der Waals surface area contributed by atoms with E-state index in [1.165, 1.54) is 0 Å². The van der Waals surface area contributed by atoms with Crippen LogP contribution in [0.2, 0.25) is 0 Å². The standard InChI is InChI=1S/C16H21NO3.C2H6/c1-2-15(18)17-10-4-7-14(17)13-6-3-5-12(11-13)8-9-16(19)20;1-2/h3,5-6,11,14H,2,4,7-10H2,1H3,(H,19,20);1-2H3. The molecule has 4 nitrogen and oxygen atoms in total. The van der Waals surface area contributed by atoms with Gasteiger partial charge in [0.05, 0.1) is 6.04 Å². The van der Waals surface area contributed by atoms with Crippen molar-refractivity contribution in [3.05, 3.63) is 35.4 Å². The highest BCUT2D eigenvalue weighted by molar-refractivity contribution is 5.76. The zero-order chi connectivity index (χ0) is 16.5. The smallest absolute Gasteiger partial charge is 0.303 e. The number of carbonyl (C=O) groups excluding carboxylic acids is 1. The summed E-state index contributed by atoms with van der Waals surface area (Å²) in [5.41, 5.74) is 2.16. The Balaban J connectivity index is 0.00000116. The fraction of sp³-hybridized carbons (Fsp3) is 0.556. The quantitative estimate of drug-likeness (QED) is 0.900. The number of amides is 1. The molecule has 0 saturated carbocycles. The van der Waals surface area contributed by atoms with Gasteiger partial charge in [-0.15, -0.1) is 0 Å². The van der Waals surface area contributed by atoms with Gasteiger partial charge < -0.3 is 10.0 Å². The maximum atomic E-state index is 11.9. The minimum Gasteiger partial charge on any atom is -0.481 e. The largest absolute Gasteiger partial charge is 0.481 e. The van der Waals surface area contributed by atoms with Gasteiger partial charge in [0.15, 0.2) is 0 Å². The molecule has 0 aliphatic carbocycles. The summed E-state index contributed by atoms with van der Waals surface area (Å²) >= 11 is 0. The third-order valence-corrected chi connectivity index (χ3v) is 3.84. The second kappa shape index (κ2) is 9.23. The van der Waals surface area contributed by atoms with Gasteiger partial charge in [-0.25, -0.2) is 0 Å². The molecule has 1 amide bonds. The number of benzene rings is 1. The van der Waals surface area contributed by atoms with Gasteiger partial charge in [-0.05, 0) is 30.4 Å². The Bertz CT molecular complexity index is 499. The minimum absolute atomic E-state index is 0.145. The Morgan fingerprint density at radius 1 is 1.32 bits per heavy atom. The summed E-state index contributed by atoms with van der Waals surface area (Å²) in [6.07, 6.45) is 3.25. The van der Waals surface area contributed by atoms with Gasteiger partial charge in [0, 0.05) is 19.4 Å². The zero-order valence-corrected chi connectivity index (χ0v) is 13.8. The first-order chi connectivity index (χ1) is 10.6. The average Bonchev–Trinajstić information content (AvgIpc) is 3.04. The molecule has 0 radical (unpaired) electrons. The average molecular weight is 305 g/mol. The van der Waals surface area contributed by atoms with E-state index < -0.39 is 5.97 Å². The van der Waals surface area contributed by atoms with Crippen molar-refractivity contribution in [1.82, 2.24) is 4.90 Å². The molecule has 1 aromatic carbocycles. The highest BCUT2D eigenvalue weighted by Gasteiger charge is 2.28. The Morgan fingerprint density at radius 2 is 2.05 bits per heavy atom. The van der Waals surface area contributed by atoms with Crippen LogP contribution in [0, 0.1) is 0 Å². The topological polar surface area (TPSA) is 57.6 Å². The minimum atomic E-state index is -0.779. The van der Waals surface area contributed by atoms with Crippen LogP contribution in [-0.4, -0.2) is 28.4 Å². The van der Waals surface area contributed by atoms with Crippen molar-refractivity contribution in [3.8, 4) is 0 Å². The number of rotatable bonds is 5. The molecule has 122 valence electrons. The number of carboxylic acid groups (broad SMARTS) is 1. The molecule has 0 spiro atoms. The van der Waals surface area contributed by atoms with Gasteiger partial charge in [0.2, 0.25) is 5.91 Å². The molecule has 0 aromatic heterocycles. The molecule has 4 heteroatoms. The summed E-state index contributed by atoms with van der Waals surface area (Å²) in [4.78, 5) is 24.5. The van der Waals surface area contributed by atoms with Crippen molar-refractivity contribution >= 4 is 11.9 Å². The van der Waals surface area contributed by atoms with Crippen molar-refractivity contribution < 1.29 is 14.7 Å². The van der Waals surface area contributed by atoms with Crippen LogP contribution in [0.25, 0.3) is 0 Å². The van der Waals surface area contributed by atoms with E-state index in [1.54, 1.807) is 0 Å². The van der Waals surface area contributed by atoms with Crippen LogP contribution in [-0.2, 0) is 16.0 Å². The summed E-state index contributed by atoms with van der Waals surface area (Å²) in [7, 11) is 0. The second-order valence-electron chi connectivity index (χ2n) is 5.24. The van der Waals surface area contributed by atoms with Crippen LogP contribution in [0.5, 0.6) is 0 Å². The molecule has 1 atom stereocenters. The highest BCUT2D eigenvalue weighted by Crippen LogP contribution is 2.32. The lowest BCUT2D eigenvalue weighted by atomic mass is 10.00. The number of nitrogens with zero attached hydrogens (tertiary/aromatic N) is 1. The fourth-order valence-corrected chi connectivity index (χ4v) is 2.82. The Labute approximate surface area is 133 Å². The van der Waals surface area contributed by atoms with Crippen LogP contribution in [0.15, 0.2) is 24.3 Å². The normalized spacial score (nSPS) is 16.9. The Hall–Kier alpha value is -1.84. The molecule has 22 heavy (non-hydrogen) atoms. The van der Waals surface area contributed by atoms with Crippen molar-refractivity contribution in [2.75, 3.05) is 6.54 Å². The van der Waals surface area contributed by atoms with Crippen LogP contribution < -0.4 is 0 Å². The van der Waals surface area contributed by atoms with Crippen LogP contribution >= 0.6 is 0 Å². The molecule has 1 aliphatic heterocycles.